The number of aliphatic hydroxyl groups excluding tert-OH is 1. The van der Waals surface area contributed by atoms with Crippen LogP contribution in [0, 0.1) is 0 Å². The van der Waals surface area contributed by atoms with Gasteiger partial charge in [-0.25, -0.2) is 0 Å². The third-order valence-electron chi connectivity index (χ3n) is 5.63. The Morgan fingerprint density at radius 3 is 2.24 bits per heavy atom. The third-order valence-corrected chi connectivity index (χ3v) is 5.63. The van der Waals surface area contributed by atoms with Gasteiger partial charge in [0.15, 0.2) is 11.5 Å². The smallest absolute Gasteiger partial charge is 0.290 e. The number of benzene rings is 3. The number of nitrogens with zero attached hydrogens (tertiary/aromatic N) is 1. The van der Waals surface area contributed by atoms with Gasteiger partial charge in [-0.05, 0) is 52.6 Å². The highest BCUT2D eigenvalue weighted by Gasteiger charge is 2.26. The van der Waals surface area contributed by atoms with E-state index in [0.717, 1.165) is 11.1 Å². The average Bonchev–Trinajstić information content (AvgIpc) is 2.82. The fraction of sp³-hybridized carbons (Fsp3) is 0.0741. The number of fused-ring (bicyclic) bond motifs is 2. The predicted octanol–water partition coefficient (Wildman–Crippen LogP) is 4.81. The molecule has 0 unspecified atom stereocenters. The van der Waals surface area contributed by atoms with Crippen molar-refractivity contribution in [2.45, 2.75) is 6.92 Å². The molecular formula is C27H22N2O4. The van der Waals surface area contributed by atoms with E-state index in [-0.39, 0.29) is 11.7 Å². The van der Waals surface area contributed by atoms with E-state index in [1.54, 1.807) is 61.6 Å². The van der Waals surface area contributed by atoms with Crippen molar-refractivity contribution in [3.8, 4) is 0 Å². The van der Waals surface area contributed by atoms with Crippen LogP contribution in [0.25, 0.3) is 11.6 Å². The Morgan fingerprint density at radius 1 is 0.939 bits per heavy atom. The lowest BCUT2D eigenvalue weighted by atomic mass is 9.82. The van der Waals surface area contributed by atoms with Crippen molar-refractivity contribution in [3.05, 3.63) is 107 Å². The monoisotopic (exact) mass is 438 g/mol. The number of anilines is 2. The standard InChI is InChI=1S/C27H22N2O4/c1-16-21-6-4-5-7-23(21)26(32)24-15-19(10-13-22(16)24)28-27(33)25(31)14-18-8-11-20(12-9-18)29(3)17(2)30/h4-15,31H,1H2,2-3H3,(H,28,33)/b25-14+. The SMILES string of the molecule is C=C1c2ccccc2C(=O)c2cc(NC(=O)/C(O)=C\c3ccc(N(C)C(C)=O)cc3)ccc21. The summed E-state index contributed by atoms with van der Waals surface area (Å²) in [6.45, 7) is 5.58. The molecule has 2 amide bonds. The van der Waals surface area contributed by atoms with E-state index >= 15 is 0 Å². The molecule has 3 aromatic rings. The number of nitrogens with one attached hydrogen (secondary N) is 1. The zero-order valence-corrected chi connectivity index (χ0v) is 18.3. The molecule has 0 saturated heterocycles. The molecule has 0 spiro atoms. The number of ketones is 1. The Hall–Kier alpha value is -4.45. The summed E-state index contributed by atoms with van der Waals surface area (Å²) < 4.78 is 0. The quantitative estimate of drug-likeness (QED) is 0.354. The van der Waals surface area contributed by atoms with Crippen molar-refractivity contribution in [2.24, 2.45) is 0 Å². The third kappa shape index (κ3) is 4.19. The summed E-state index contributed by atoms with van der Waals surface area (Å²) in [5.41, 5.74) is 4.96. The number of hydrogen-bond acceptors (Lipinski definition) is 4. The van der Waals surface area contributed by atoms with Gasteiger partial charge in [0.25, 0.3) is 5.91 Å². The summed E-state index contributed by atoms with van der Waals surface area (Å²) in [7, 11) is 1.66. The Morgan fingerprint density at radius 2 is 1.58 bits per heavy atom. The van der Waals surface area contributed by atoms with Gasteiger partial charge in [-0.3, -0.25) is 14.4 Å². The van der Waals surface area contributed by atoms with Crippen LogP contribution in [0.2, 0.25) is 0 Å². The molecule has 1 aliphatic carbocycles. The molecule has 0 fully saturated rings. The highest BCUT2D eigenvalue weighted by Crippen LogP contribution is 2.35. The molecule has 3 aromatic carbocycles. The van der Waals surface area contributed by atoms with E-state index in [1.165, 1.54) is 17.9 Å². The van der Waals surface area contributed by atoms with Crippen molar-refractivity contribution in [1.29, 1.82) is 0 Å². The van der Waals surface area contributed by atoms with Gasteiger partial charge < -0.3 is 15.3 Å². The molecule has 6 heteroatoms. The van der Waals surface area contributed by atoms with E-state index in [9.17, 15) is 19.5 Å². The summed E-state index contributed by atoms with van der Waals surface area (Å²) in [6.07, 6.45) is 1.33. The van der Waals surface area contributed by atoms with Crippen molar-refractivity contribution in [3.63, 3.8) is 0 Å². The van der Waals surface area contributed by atoms with Crippen molar-refractivity contribution >= 4 is 40.6 Å². The highest BCUT2D eigenvalue weighted by molar-refractivity contribution is 6.19. The molecule has 0 atom stereocenters. The number of carbonyl (C=O) groups is 3. The molecule has 0 bridgehead atoms. The highest BCUT2D eigenvalue weighted by atomic mass is 16.3. The maximum Gasteiger partial charge on any atom is 0.290 e. The molecule has 2 N–H and O–H groups in total. The first-order valence-electron chi connectivity index (χ1n) is 10.3. The maximum atomic E-state index is 12.9. The van der Waals surface area contributed by atoms with Gasteiger partial charge in [0, 0.05) is 36.5 Å². The fourth-order valence-electron chi connectivity index (χ4n) is 3.70. The Bertz CT molecular complexity index is 1340. The van der Waals surface area contributed by atoms with Crippen LogP contribution in [-0.4, -0.2) is 29.8 Å². The lowest BCUT2D eigenvalue weighted by Crippen LogP contribution is -2.22. The number of amides is 2. The second-order valence-corrected chi connectivity index (χ2v) is 7.77. The van der Waals surface area contributed by atoms with Crippen LogP contribution in [0.1, 0.15) is 39.5 Å². The van der Waals surface area contributed by atoms with Crippen LogP contribution in [0.3, 0.4) is 0 Å². The van der Waals surface area contributed by atoms with Crippen LogP contribution in [0.5, 0.6) is 0 Å². The van der Waals surface area contributed by atoms with Gasteiger partial charge in [0.1, 0.15) is 0 Å². The Balaban J connectivity index is 1.53. The molecule has 4 rings (SSSR count). The van der Waals surface area contributed by atoms with Crippen LogP contribution in [-0.2, 0) is 9.59 Å². The van der Waals surface area contributed by atoms with E-state index in [1.807, 2.05) is 12.1 Å². The Kier molecular flexibility index (Phi) is 5.67. The second kappa shape index (κ2) is 8.59. The van der Waals surface area contributed by atoms with Gasteiger partial charge in [0.2, 0.25) is 5.91 Å². The fourth-order valence-corrected chi connectivity index (χ4v) is 3.70. The molecule has 1 aliphatic rings. The van der Waals surface area contributed by atoms with Crippen molar-refractivity contribution < 1.29 is 19.5 Å². The molecule has 0 radical (unpaired) electrons. The molecule has 164 valence electrons. The van der Waals surface area contributed by atoms with Gasteiger partial charge in [-0.15, -0.1) is 0 Å². The topological polar surface area (TPSA) is 86.7 Å². The van der Waals surface area contributed by atoms with E-state index in [0.29, 0.717) is 33.6 Å². The maximum absolute atomic E-state index is 12.9. The molecule has 33 heavy (non-hydrogen) atoms. The largest absolute Gasteiger partial charge is 0.503 e. The first-order valence-corrected chi connectivity index (χ1v) is 10.3. The lowest BCUT2D eigenvalue weighted by molar-refractivity contribution is -0.116. The molecule has 0 saturated carbocycles. The minimum atomic E-state index is -0.706. The minimum Gasteiger partial charge on any atom is -0.503 e. The summed E-state index contributed by atoms with van der Waals surface area (Å²) >= 11 is 0. The second-order valence-electron chi connectivity index (χ2n) is 7.77. The van der Waals surface area contributed by atoms with Crippen LogP contribution in [0.15, 0.2) is 79.1 Å². The predicted molar refractivity (Wildman–Crippen MR) is 129 cm³/mol. The van der Waals surface area contributed by atoms with Gasteiger partial charge in [-0.1, -0.05) is 49.0 Å². The zero-order valence-electron chi connectivity index (χ0n) is 18.3. The first kappa shape index (κ1) is 21.8. The van der Waals surface area contributed by atoms with Gasteiger partial charge >= 0.3 is 0 Å². The number of hydrogen-bond donors (Lipinski definition) is 2. The summed E-state index contributed by atoms with van der Waals surface area (Å²) in [6, 6.07) is 19.1. The van der Waals surface area contributed by atoms with Gasteiger partial charge in [-0.2, -0.15) is 0 Å². The molecular weight excluding hydrogens is 416 g/mol. The van der Waals surface area contributed by atoms with E-state index < -0.39 is 11.7 Å². The summed E-state index contributed by atoms with van der Waals surface area (Å²) in [5.74, 6) is -1.43. The molecule has 0 heterocycles. The van der Waals surface area contributed by atoms with Crippen LogP contribution < -0.4 is 10.2 Å². The minimum absolute atomic E-state index is 0.101. The summed E-state index contributed by atoms with van der Waals surface area (Å²) in [5, 5.41) is 12.9. The van der Waals surface area contributed by atoms with Gasteiger partial charge in [0.05, 0.1) is 0 Å². The van der Waals surface area contributed by atoms with E-state index in [4.69, 9.17) is 0 Å². The number of aliphatic hydroxyl groups is 1. The summed E-state index contributed by atoms with van der Waals surface area (Å²) in [4.78, 5) is 38.4. The Labute approximate surface area is 191 Å². The zero-order chi connectivity index (χ0) is 23.7. The van der Waals surface area contributed by atoms with Crippen molar-refractivity contribution in [2.75, 3.05) is 17.3 Å². The molecule has 6 nitrogen and oxygen atoms in total. The first-order chi connectivity index (χ1) is 15.8. The number of carbonyl (C=O) groups excluding carboxylic acids is 3. The number of rotatable bonds is 4. The molecule has 0 aliphatic heterocycles. The lowest BCUT2D eigenvalue weighted by Gasteiger charge is -2.21. The van der Waals surface area contributed by atoms with Crippen LogP contribution in [0.4, 0.5) is 11.4 Å². The average molecular weight is 438 g/mol. The molecule has 0 aromatic heterocycles. The van der Waals surface area contributed by atoms with E-state index in [2.05, 4.69) is 11.9 Å². The van der Waals surface area contributed by atoms with Crippen molar-refractivity contribution in [1.82, 2.24) is 0 Å². The van der Waals surface area contributed by atoms with Crippen LogP contribution >= 0.6 is 0 Å². The normalized spacial score (nSPS) is 12.6.